The van der Waals surface area contributed by atoms with Gasteiger partial charge in [-0.2, -0.15) is 0 Å². The lowest BCUT2D eigenvalue weighted by Gasteiger charge is -2.31. The summed E-state index contributed by atoms with van der Waals surface area (Å²) in [5.41, 5.74) is 3.66. The molecule has 1 atom stereocenters. The molecule has 0 bridgehead atoms. The van der Waals surface area contributed by atoms with Crippen LogP contribution in [0.3, 0.4) is 0 Å². The Morgan fingerprint density at radius 2 is 1.74 bits per heavy atom. The highest BCUT2D eigenvalue weighted by Gasteiger charge is 2.42. The van der Waals surface area contributed by atoms with Crippen molar-refractivity contribution in [2.75, 3.05) is 39.4 Å². The number of carbonyl (C=O) groups is 1. The number of ether oxygens (including phenoxy) is 1. The molecule has 160 valence electrons. The van der Waals surface area contributed by atoms with Crippen LogP contribution in [0.2, 0.25) is 0 Å². The van der Waals surface area contributed by atoms with Crippen LogP contribution in [-0.4, -0.2) is 60.1 Å². The first-order chi connectivity index (χ1) is 15.0. The second-order valence-corrected chi connectivity index (χ2v) is 8.24. The molecule has 2 aliphatic heterocycles. The van der Waals surface area contributed by atoms with Gasteiger partial charge in [-0.3, -0.25) is 19.5 Å². The third kappa shape index (κ3) is 3.43. The molecule has 0 unspecified atom stereocenters. The third-order valence-corrected chi connectivity index (χ3v) is 6.36. The van der Waals surface area contributed by atoms with Gasteiger partial charge in [0.05, 0.1) is 30.2 Å². The highest BCUT2D eigenvalue weighted by molar-refractivity contribution is 5.99. The van der Waals surface area contributed by atoms with E-state index in [0.29, 0.717) is 36.3 Å². The molecule has 1 fully saturated rings. The Bertz CT molecular complexity index is 1200. The number of aromatic nitrogens is 1. The van der Waals surface area contributed by atoms with Crippen molar-refractivity contribution in [3.05, 3.63) is 74.9 Å². The zero-order chi connectivity index (χ0) is 21.5. The predicted octanol–water partition coefficient (Wildman–Crippen LogP) is 2.68. The van der Waals surface area contributed by atoms with Gasteiger partial charge in [0.15, 0.2) is 5.43 Å². The quantitative estimate of drug-likeness (QED) is 0.647. The van der Waals surface area contributed by atoms with Gasteiger partial charge in [0.25, 0.3) is 5.91 Å². The highest BCUT2D eigenvalue weighted by atomic mass is 16.5. The number of rotatable bonds is 4. The number of carbonyl (C=O) groups excluding carboxylic acids is 1. The molecule has 0 spiro atoms. The van der Waals surface area contributed by atoms with Crippen LogP contribution >= 0.6 is 0 Å². The van der Waals surface area contributed by atoms with Crippen molar-refractivity contribution < 1.29 is 13.9 Å². The minimum atomic E-state index is -0.478. The van der Waals surface area contributed by atoms with E-state index in [9.17, 15) is 9.59 Å². The zero-order valence-electron chi connectivity index (χ0n) is 17.8. The van der Waals surface area contributed by atoms with Gasteiger partial charge in [-0.25, -0.2) is 0 Å². The van der Waals surface area contributed by atoms with E-state index in [-0.39, 0.29) is 17.1 Å². The summed E-state index contributed by atoms with van der Waals surface area (Å²) in [6, 6.07) is 6.95. The summed E-state index contributed by atoms with van der Waals surface area (Å²) in [7, 11) is 0. The molecule has 0 aliphatic carbocycles. The topological polar surface area (TPSA) is 75.9 Å². The summed E-state index contributed by atoms with van der Waals surface area (Å²) in [6.07, 6.45) is 3.38. The molecule has 1 saturated heterocycles. The highest BCUT2D eigenvalue weighted by Crippen LogP contribution is 2.38. The molecule has 1 amide bonds. The van der Waals surface area contributed by atoms with Crippen LogP contribution in [0.15, 0.2) is 45.9 Å². The van der Waals surface area contributed by atoms with Gasteiger partial charge in [-0.15, -0.1) is 0 Å². The van der Waals surface area contributed by atoms with Crippen molar-refractivity contribution in [2.24, 2.45) is 0 Å². The van der Waals surface area contributed by atoms with E-state index in [1.165, 1.54) is 0 Å². The van der Waals surface area contributed by atoms with Crippen LogP contribution in [0.4, 0.5) is 0 Å². The maximum Gasteiger partial charge on any atom is 0.290 e. The number of hydrogen-bond donors (Lipinski definition) is 0. The Balaban J connectivity index is 1.61. The Hall–Kier alpha value is -3.03. The molecule has 7 heteroatoms. The van der Waals surface area contributed by atoms with Crippen molar-refractivity contribution in [2.45, 2.75) is 19.9 Å². The fraction of sp³-hybridized carbons (Fsp3) is 0.375. The Kier molecular flexibility index (Phi) is 5.08. The number of benzene rings is 1. The smallest absolute Gasteiger partial charge is 0.290 e. The molecule has 0 saturated carbocycles. The first kappa shape index (κ1) is 19.9. The lowest BCUT2D eigenvalue weighted by atomic mass is 9.98. The lowest BCUT2D eigenvalue weighted by molar-refractivity contribution is 0.0314. The van der Waals surface area contributed by atoms with Gasteiger partial charge in [0.2, 0.25) is 5.76 Å². The normalized spacial score (nSPS) is 19.2. The third-order valence-electron chi connectivity index (χ3n) is 6.36. The van der Waals surface area contributed by atoms with Crippen LogP contribution in [0.1, 0.15) is 38.9 Å². The van der Waals surface area contributed by atoms with Gasteiger partial charge >= 0.3 is 0 Å². The van der Waals surface area contributed by atoms with Crippen LogP contribution in [-0.2, 0) is 4.74 Å². The number of pyridine rings is 1. The molecule has 31 heavy (non-hydrogen) atoms. The van der Waals surface area contributed by atoms with Crippen molar-refractivity contribution in [1.82, 2.24) is 14.8 Å². The minimum Gasteiger partial charge on any atom is -0.450 e. The van der Waals surface area contributed by atoms with E-state index < -0.39 is 6.04 Å². The first-order valence-electron chi connectivity index (χ1n) is 10.6. The molecule has 0 radical (unpaired) electrons. The predicted molar refractivity (Wildman–Crippen MR) is 116 cm³/mol. The summed E-state index contributed by atoms with van der Waals surface area (Å²) in [6.45, 7) is 8.25. The molecular weight excluding hydrogens is 394 g/mol. The summed E-state index contributed by atoms with van der Waals surface area (Å²) in [5, 5.41) is 0.517. The SMILES string of the molecule is Cc1cc2oc3c(c(=O)c2cc1C)[C@@H](c1ccncc1)N(CCN1CCOCC1)C3=O. The summed E-state index contributed by atoms with van der Waals surface area (Å²) < 4.78 is 11.5. The zero-order valence-corrected chi connectivity index (χ0v) is 17.8. The number of hydrogen-bond acceptors (Lipinski definition) is 6. The fourth-order valence-corrected chi connectivity index (χ4v) is 4.47. The van der Waals surface area contributed by atoms with Crippen LogP contribution < -0.4 is 5.43 Å². The molecule has 7 nitrogen and oxygen atoms in total. The first-order valence-corrected chi connectivity index (χ1v) is 10.6. The van der Waals surface area contributed by atoms with Crippen molar-refractivity contribution >= 4 is 16.9 Å². The van der Waals surface area contributed by atoms with E-state index in [4.69, 9.17) is 9.15 Å². The van der Waals surface area contributed by atoms with Gasteiger partial charge in [0.1, 0.15) is 5.58 Å². The van der Waals surface area contributed by atoms with E-state index in [1.807, 2.05) is 38.1 Å². The lowest BCUT2D eigenvalue weighted by Crippen LogP contribution is -2.42. The van der Waals surface area contributed by atoms with Gasteiger partial charge in [-0.05, 0) is 54.8 Å². The number of fused-ring (bicyclic) bond motifs is 2. The second-order valence-electron chi connectivity index (χ2n) is 8.24. The molecule has 4 heterocycles. The molecule has 2 aromatic heterocycles. The molecule has 0 N–H and O–H groups in total. The Morgan fingerprint density at radius 3 is 2.48 bits per heavy atom. The van der Waals surface area contributed by atoms with E-state index in [0.717, 1.165) is 36.3 Å². The molecule has 5 rings (SSSR count). The van der Waals surface area contributed by atoms with Gasteiger partial charge in [0, 0.05) is 38.6 Å². The summed E-state index contributed by atoms with van der Waals surface area (Å²) >= 11 is 0. The number of morpholine rings is 1. The van der Waals surface area contributed by atoms with Crippen molar-refractivity contribution in [1.29, 1.82) is 0 Å². The van der Waals surface area contributed by atoms with E-state index >= 15 is 0 Å². The van der Waals surface area contributed by atoms with E-state index in [1.54, 1.807) is 17.3 Å². The number of nitrogens with zero attached hydrogens (tertiary/aromatic N) is 3. The maximum absolute atomic E-state index is 13.6. The van der Waals surface area contributed by atoms with Gasteiger partial charge in [-0.1, -0.05) is 0 Å². The average molecular weight is 419 g/mol. The van der Waals surface area contributed by atoms with E-state index in [2.05, 4.69) is 9.88 Å². The number of aryl methyl sites for hydroxylation is 2. The molecule has 3 aromatic rings. The summed E-state index contributed by atoms with van der Waals surface area (Å²) in [5.74, 6) is -0.0770. The monoisotopic (exact) mass is 419 g/mol. The van der Waals surface area contributed by atoms with Crippen molar-refractivity contribution in [3.8, 4) is 0 Å². The second kappa shape index (κ2) is 7.90. The van der Waals surface area contributed by atoms with Crippen LogP contribution in [0, 0.1) is 13.8 Å². The number of amides is 1. The Labute approximate surface area is 180 Å². The summed E-state index contributed by atoms with van der Waals surface area (Å²) in [4.78, 5) is 35.2. The largest absolute Gasteiger partial charge is 0.450 e. The maximum atomic E-state index is 13.6. The molecular formula is C24H25N3O4. The van der Waals surface area contributed by atoms with Crippen molar-refractivity contribution in [3.63, 3.8) is 0 Å². The van der Waals surface area contributed by atoms with Crippen LogP contribution in [0.5, 0.6) is 0 Å². The van der Waals surface area contributed by atoms with Crippen LogP contribution in [0.25, 0.3) is 11.0 Å². The Morgan fingerprint density at radius 1 is 1.03 bits per heavy atom. The van der Waals surface area contributed by atoms with Gasteiger partial charge < -0.3 is 14.1 Å². The fourth-order valence-electron chi connectivity index (χ4n) is 4.47. The standard InChI is InChI=1S/C24H25N3O4/c1-15-13-18-19(14-16(15)2)31-23-20(22(18)28)21(17-3-5-25-6-4-17)27(24(23)29)8-7-26-9-11-30-12-10-26/h3-6,13-14,21H,7-12H2,1-2H3/t21-/m1/s1. The average Bonchev–Trinajstić information content (AvgIpc) is 3.07. The molecule has 2 aliphatic rings. The minimum absolute atomic E-state index is 0.136. The molecule has 1 aromatic carbocycles.